The van der Waals surface area contributed by atoms with E-state index in [9.17, 15) is 0 Å². The molecule has 4 heteroatoms. The minimum Gasteiger partial charge on any atom is -0.208 e. The van der Waals surface area contributed by atoms with E-state index in [0.29, 0.717) is 17.5 Å². The van der Waals surface area contributed by atoms with Crippen LogP contribution >= 0.6 is 11.3 Å². The maximum atomic E-state index is 5.07. The molecule has 0 aliphatic rings. The lowest BCUT2D eigenvalue weighted by atomic mass is 9.94. The molecule has 0 atom stereocenters. The van der Waals surface area contributed by atoms with Crippen LogP contribution in [0.2, 0.25) is 0 Å². The van der Waals surface area contributed by atoms with E-state index in [2.05, 4.69) is 121 Å². The second kappa shape index (κ2) is 10.5. The molecule has 3 nitrogen and oxygen atoms in total. The summed E-state index contributed by atoms with van der Waals surface area (Å²) < 4.78 is 2.61. The summed E-state index contributed by atoms with van der Waals surface area (Å²) in [5.74, 6) is 1.97. The van der Waals surface area contributed by atoms with Gasteiger partial charge >= 0.3 is 0 Å². The average Bonchev–Trinajstić information content (AvgIpc) is 3.50. The summed E-state index contributed by atoms with van der Waals surface area (Å²) in [6.07, 6.45) is 0. The van der Waals surface area contributed by atoms with Gasteiger partial charge < -0.3 is 0 Å². The van der Waals surface area contributed by atoms with E-state index < -0.39 is 0 Å². The quantitative estimate of drug-likeness (QED) is 0.204. The Bertz CT molecular complexity index is 2550. The highest BCUT2D eigenvalue weighted by Crippen LogP contribution is 2.42. The minimum absolute atomic E-state index is 0.653. The molecule has 0 aliphatic heterocycles. The summed E-state index contributed by atoms with van der Waals surface area (Å²) in [6.45, 7) is 0. The van der Waals surface area contributed by atoms with Gasteiger partial charge in [0.15, 0.2) is 17.5 Å². The van der Waals surface area contributed by atoms with Crippen LogP contribution in [-0.2, 0) is 0 Å². The highest BCUT2D eigenvalue weighted by atomic mass is 32.1. The normalized spacial score (nSPS) is 11.6. The van der Waals surface area contributed by atoms with Crippen molar-refractivity contribution in [2.24, 2.45) is 0 Å². The molecule has 45 heavy (non-hydrogen) atoms. The van der Waals surface area contributed by atoms with Gasteiger partial charge in [0.25, 0.3) is 0 Å². The molecule has 2 aromatic heterocycles. The third-order valence-corrected chi connectivity index (χ3v) is 9.63. The number of fused-ring (bicyclic) bond motifs is 6. The lowest BCUT2D eigenvalue weighted by molar-refractivity contribution is 1.07. The number of nitrogens with zero attached hydrogens (tertiary/aromatic N) is 3. The van der Waals surface area contributed by atoms with Gasteiger partial charge in [-0.1, -0.05) is 127 Å². The maximum absolute atomic E-state index is 5.07. The Balaban J connectivity index is 1.24. The van der Waals surface area contributed by atoms with Crippen LogP contribution in [-0.4, -0.2) is 15.0 Å². The fraction of sp³-hybridized carbons (Fsp3) is 0. The van der Waals surface area contributed by atoms with Crippen LogP contribution in [0.5, 0.6) is 0 Å². The summed E-state index contributed by atoms with van der Waals surface area (Å²) in [7, 11) is 0. The fourth-order valence-corrected chi connectivity index (χ4v) is 7.45. The Morgan fingerprint density at radius 1 is 0.356 bits per heavy atom. The number of benzene rings is 7. The van der Waals surface area contributed by atoms with Gasteiger partial charge in [-0.25, -0.2) is 15.0 Å². The Hall–Kier alpha value is -5.71. The molecule has 0 amide bonds. The first-order valence-corrected chi connectivity index (χ1v) is 15.8. The smallest absolute Gasteiger partial charge is 0.164 e. The zero-order chi connectivity index (χ0) is 29.7. The third kappa shape index (κ3) is 4.46. The number of rotatable bonds is 4. The molecule has 0 fully saturated rings. The monoisotopic (exact) mass is 591 g/mol. The number of hydrogen-bond donors (Lipinski definition) is 0. The van der Waals surface area contributed by atoms with E-state index in [1.54, 1.807) is 0 Å². The predicted molar refractivity (Wildman–Crippen MR) is 189 cm³/mol. The number of aromatic nitrogens is 3. The second-order valence-electron chi connectivity index (χ2n) is 11.3. The van der Waals surface area contributed by atoms with Crippen molar-refractivity contribution in [3.8, 4) is 45.3 Å². The molecule has 7 aromatic carbocycles. The minimum atomic E-state index is 0.653. The van der Waals surface area contributed by atoms with Crippen LogP contribution in [0.25, 0.3) is 87.0 Å². The van der Waals surface area contributed by atoms with Crippen LogP contribution < -0.4 is 0 Å². The van der Waals surface area contributed by atoms with Gasteiger partial charge in [-0.2, -0.15) is 0 Å². The summed E-state index contributed by atoms with van der Waals surface area (Å²) in [5.41, 5.74) is 5.21. The standard InChI is InChI=1S/C41H25N3S/c1-2-11-28(12-3-1)39-42-40(44-41(43-39)32-21-20-26-10-4-5-13-29(26)24-32)31-16-8-15-30(25-31)33-18-9-14-27-22-23-36-38(37(27)33)34-17-6-7-19-35(34)45-36/h1-25H. The summed E-state index contributed by atoms with van der Waals surface area (Å²) in [5, 5.41) is 7.48. The Morgan fingerprint density at radius 3 is 1.84 bits per heavy atom. The Morgan fingerprint density at radius 2 is 0.978 bits per heavy atom. The molecule has 0 saturated carbocycles. The highest BCUT2D eigenvalue weighted by Gasteiger charge is 2.16. The molecule has 0 unspecified atom stereocenters. The molecule has 9 aromatic rings. The zero-order valence-corrected chi connectivity index (χ0v) is 25.0. The first-order chi connectivity index (χ1) is 22.3. The average molecular weight is 592 g/mol. The second-order valence-corrected chi connectivity index (χ2v) is 12.3. The van der Waals surface area contributed by atoms with Crippen molar-refractivity contribution < 1.29 is 0 Å². The lowest BCUT2D eigenvalue weighted by Gasteiger charge is -2.12. The van der Waals surface area contributed by atoms with E-state index in [4.69, 9.17) is 15.0 Å². The summed E-state index contributed by atoms with van der Waals surface area (Å²) >= 11 is 1.85. The van der Waals surface area contributed by atoms with Gasteiger partial charge in [0.05, 0.1) is 0 Å². The van der Waals surface area contributed by atoms with Crippen LogP contribution in [0.1, 0.15) is 0 Å². The molecular weight excluding hydrogens is 567 g/mol. The van der Waals surface area contributed by atoms with Crippen molar-refractivity contribution in [3.63, 3.8) is 0 Å². The fourth-order valence-electron chi connectivity index (χ4n) is 6.34. The first-order valence-electron chi connectivity index (χ1n) is 15.0. The predicted octanol–water partition coefficient (Wildman–Crippen LogP) is 11.2. The Kier molecular flexibility index (Phi) is 6.00. The Labute approximate surface area is 264 Å². The molecule has 9 rings (SSSR count). The van der Waals surface area contributed by atoms with Crippen LogP contribution in [0, 0.1) is 0 Å². The van der Waals surface area contributed by atoms with Gasteiger partial charge in [0.1, 0.15) is 0 Å². The largest absolute Gasteiger partial charge is 0.208 e. The summed E-state index contributed by atoms with van der Waals surface area (Å²) in [4.78, 5) is 15.1. The van der Waals surface area contributed by atoms with Gasteiger partial charge in [-0.15, -0.1) is 11.3 Å². The van der Waals surface area contributed by atoms with Gasteiger partial charge in [0.2, 0.25) is 0 Å². The van der Waals surface area contributed by atoms with Crippen LogP contribution in [0.3, 0.4) is 0 Å². The maximum Gasteiger partial charge on any atom is 0.164 e. The van der Waals surface area contributed by atoms with E-state index in [0.717, 1.165) is 27.6 Å². The van der Waals surface area contributed by atoms with Crippen molar-refractivity contribution >= 4 is 53.1 Å². The zero-order valence-electron chi connectivity index (χ0n) is 24.2. The summed E-state index contributed by atoms with van der Waals surface area (Å²) in [6, 6.07) is 53.3. The topological polar surface area (TPSA) is 38.7 Å². The van der Waals surface area contributed by atoms with Crippen molar-refractivity contribution in [2.45, 2.75) is 0 Å². The van der Waals surface area contributed by atoms with Gasteiger partial charge in [-0.05, 0) is 56.9 Å². The van der Waals surface area contributed by atoms with Crippen molar-refractivity contribution in [1.82, 2.24) is 15.0 Å². The van der Waals surface area contributed by atoms with Gasteiger partial charge in [-0.3, -0.25) is 0 Å². The molecule has 2 heterocycles. The molecule has 0 aliphatic carbocycles. The third-order valence-electron chi connectivity index (χ3n) is 8.49. The molecular formula is C41H25N3S. The lowest BCUT2D eigenvalue weighted by Crippen LogP contribution is -2.00. The molecule has 0 saturated heterocycles. The van der Waals surface area contributed by atoms with E-state index in [1.807, 2.05) is 41.7 Å². The SMILES string of the molecule is c1ccc(-c2nc(-c3cccc(-c4cccc5ccc6sc7ccccc7c6c45)c3)nc(-c3ccc4ccccc4c3)n2)cc1. The molecule has 0 radical (unpaired) electrons. The van der Waals surface area contributed by atoms with Crippen molar-refractivity contribution in [2.75, 3.05) is 0 Å². The molecule has 0 spiro atoms. The van der Waals surface area contributed by atoms with E-state index in [-0.39, 0.29) is 0 Å². The van der Waals surface area contributed by atoms with Crippen molar-refractivity contribution in [3.05, 3.63) is 152 Å². The van der Waals surface area contributed by atoms with Crippen molar-refractivity contribution in [1.29, 1.82) is 0 Å². The van der Waals surface area contributed by atoms with Crippen LogP contribution in [0.15, 0.2) is 152 Å². The van der Waals surface area contributed by atoms with E-state index >= 15 is 0 Å². The number of hydrogen-bond acceptors (Lipinski definition) is 4. The number of thiophene rings is 1. The van der Waals surface area contributed by atoms with E-state index in [1.165, 1.54) is 41.9 Å². The highest BCUT2D eigenvalue weighted by molar-refractivity contribution is 7.26. The molecule has 0 bridgehead atoms. The van der Waals surface area contributed by atoms with Gasteiger partial charge in [0, 0.05) is 36.9 Å². The molecule has 210 valence electrons. The van der Waals surface area contributed by atoms with Crippen LogP contribution in [0.4, 0.5) is 0 Å². The first kappa shape index (κ1) is 25.8. The molecule has 0 N–H and O–H groups in total.